The molecule has 8 nitrogen and oxygen atoms in total. The number of ether oxygens (including phenoxy) is 1. The second kappa shape index (κ2) is 8.57. The molecule has 3 heterocycles. The highest BCUT2D eigenvalue weighted by molar-refractivity contribution is 5.96. The fourth-order valence-electron chi connectivity index (χ4n) is 3.82. The predicted octanol–water partition coefficient (Wildman–Crippen LogP) is 2.07. The van der Waals surface area contributed by atoms with Crippen LogP contribution in [0.25, 0.3) is 11.2 Å². The number of hydrogen-bond acceptors (Lipinski definition) is 6. The molecule has 8 heteroatoms. The van der Waals surface area contributed by atoms with E-state index in [1.165, 1.54) is 0 Å². The van der Waals surface area contributed by atoms with E-state index in [-0.39, 0.29) is 5.91 Å². The lowest BCUT2D eigenvalue weighted by Gasteiger charge is -2.10. The van der Waals surface area contributed by atoms with Gasteiger partial charge in [-0.15, -0.1) is 0 Å². The Morgan fingerprint density at radius 3 is 2.90 bits per heavy atom. The van der Waals surface area contributed by atoms with Crippen molar-refractivity contribution in [3.8, 4) is 5.75 Å². The predicted molar refractivity (Wildman–Crippen MR) is 110 cm³/mol. The van der Waals surface area contributed by atoms with Crippen molar-refractivity contribution in [1.82, 2.24) is 30.0 Å². The second-order valence-corrected chi connectivity index (χ2v) is 7.27. The molecule has 0 spiro atoms. The Kier molecular flexibility index (Phi) is 5.71. The summed E-state index contributed by atoms with van der Waals surface area (Å²) in [6.07, 6.45) is 4.47. The van der Waals surface area contributed by atoms with Gasteiger partial charge in [-0.25, -0.2) is 14.6 Å². The molecule has 2 aromatic heterocycles. The average Bonchev–Trinajstić information content (AvgIpc) is 3.32. The number of amides is 1. The monoisotopic (exact) mass is 394 g/mol. The van der Waals surface area contributed by atoms with Crippen LogP contribution < -0.4 is 10.1 Å². The van der Waals surface area contributed by atoms with Crippen LogP contribution in [-0.4, -0.2) is 63.8 Å². The zero-order chi connectivity index (χ0) is 20.2. The van der Waals surface area contributed by atoms with Crippen LogP contribution in [0.3, 0.4) is 0 Å². The third-order valence-electron chi connectivity index (χ3n) is 5.21. The number of hydrogen-bond donors (Lipinski definition) is 1. The molecule has 1 aliphatic rings. The molecular formula is C21H26N6O2. The summed E-state index contributed by atoms with van der Waals surface area (Å²) in [5.74, 6) is 0.804. The van der Waals surface area contributed by atoms with Crippen LogP contribution in [0, 0.1) is 0 Å². The Hall–Kier alpha value is -3.00. The van der Waals surface area contributed by atoms with E-state index in [0.717, 1.165) is 36.4 Å². The highest BCUT2D eigenvalue weighted by Crippen LogP contribution is 2.29. The van der Waals surface area contributed by atoms with Gasteiger partial charge in [-0.1, -0.05) is 12.1 Å². The lowest BCUT2D eigenvalue weighted by Crippen LogP contribution is -2.28. The van der Waals surface area contributed by atoms with Gasteiger partial charge in [0.1, 0.15) is 11.3 Å². The van der Waals surface area contributed by atoms with E-state index in [1.54, 1.807) is 24.5 Å². The summed E-state index contributed by atoms with van der Waals surface area (Å²) in [6.45, 7) is 5.43. The number of aromatic nitrogens is 4. The molecule has 1 aliphatic heterocycles. The molecule has 3 aromatic rings. The van der Waals surface area contributed by atoms with Gasteiger partial charge in [0.05, 0.1) is 24.4 Å². The maximum atomic E-state index is 12.6. The number of carbonyl (C=O) groups is 1. The number of rotatable bonds is 7. The number of nitrogens with one attached hydrogen (secondary N) is 1. The Morgan fingerprint density at radius 2 is 2.10 bits per heavy atom. The normalized spacial score (nSPS) is 17.0. The molecule has 1 N–H and O–H groups in total. The summed E-state index contributed by atoms with van der Waals surface area (Å²) in [5.41, 5.74) is 3.17. The molecule has 1 aromatic carbocycles. The van der Waals surface area contributed by atoms with Gasteiger partial charge in [0.15, 0.2) is 5.65 Å². The molecule has 0 radical (unpaired) electrons. The molecule has 29 heavy (non-hydrogen) atoms. The van der Waals surface area contributed by atoms with Crippen molar-refractivity contribution in [3.63, 3.8) is 0 Å². The molecule has 1 unspecified atom stereocenters. The van der Waals surface area contributed by atoms with Gasteiger partial charge in [0.25, 0.3) is 5.91 Å². The van der Waals surface area contributed by atoms with Gasteiger partial charge >= 0.3 is 0 Å². The molecule has 1 saturated heterocycles. The van der Waals surface area contributed by atoms with Crippen LogP contribution in [0.15, 0.2) is 36.7 Å². The van der Waals surface area contributed by atoms with E-state index in [0.29, 0.717) is 36.9 Å². The minimum absolute atomic E-state index is 0.158. The number of fused-ring (bicyclic) bond motifs is 1. The van der Waals surface area contributed by atoms with E-state index < -0.39 is 0 Å². The number of para-hydroxylation sites is 1. The molecule has 4 rings (SSSR count). The van der Waals surface area contributed by atoms with Crippen molar-refractivity contribution in [3.05, 3.63) is 47.9 Å². The summed E-state index contributed by atoms with van der Waals surface area (Å²) in [7, 11) is 2.13. The fraction of sp³-hybridized carbons (Fsp3) is 0.429. The quantitative estimate of drug-likeness (QED) is 0.660. The first kappa shape index (κ1) is 19.3. The molecular weight excluding hydrogens is 368 g/mol. The molecule has 152 valence electrons. The Bertz CT molecular complexity index is 1000. The van der Waals surface area contributed by atoms with Crippen LogP contribution in [0.4, 0.5) is 0 Å². The largest absolute Gasteiger partial charge is 0.493 e. The van der Waals surface area contributed by atoms with Gasteiger partial charge in [-0.2, -0.15) is 5.10 Å². The molecule has 1 fully saturated rings. The third-order valence-corrected chi connectivity index (χ3v) is 5.21. The van der Waals surface area contributed by atoms with Crippen molar-refractivity contribution < 1.29 is 9.53 Å². The van der Waals surface area contributed by atoms with E-state index >= 15 is 0 Å². The van der Waals surface area contributed by atoms with Crippen LogP contribution in [0.5, 0.6) is 5.75 Å². The highest BCUT2D eigenvalue weighted by Gasteiger charge is 2.27. The summed E-state index contributed by atoms with van der Waals surface area (Å²) in [6, 6.07) is 7.26. The second-order valence-electron chi connectivity index (χ2n) is 7.27. The fourth-order valence-corrected chi connectivity index (χ4v) is 3.82. The van der Waals surface area contributed by atoms with Gasteiger partial charge in [0, 0.05) is 31.4 Å². The van der Waals surface area contributed by atoms with E-state index in [9.17, 15) is 4.79 Å². The average molecular weight is 394 g/mol. The number of likely N-dealkylation sites (tertiary alicyclic amines) is 1. The van der Waals surface area contributed by atoms with Crippen molar-refractivity contribution in [2.24, 2.45) is 0 Å². The number of nitrogens with zero attached hydrogens (tertiary/aromatic N) is 5. The minimum atomic E-state index is -0.158. The first-order valence-corrected chi connectivity index (χ1v) is 10.0. The summed E-state index contributed by atoms with van der Waals surface area (Å²) in [5, 5.41) is 7.77. The number of likely N-dealkylation sites (N-methyl/N-ethyl adjacent to an activating group) is 1. The third kappa shape index (κ3) is 4.07. The Labute approximate surface area is 169 Å². The van der Waals surface area contributed by atoms with Gasteiger partial charge < -0.3 is 15.0 Å². The standard InChI is InChI=1S/C21H26N6O2/c1-3-29-17-7-5-4-6-16(17)21(28)24-11-13-27-20-19(22-9-10-23-20)18(25-27)15-8-12-26(2)14-15/h4-7,9-10,15H,3,8,11-14H2,1-2H3,(H,24,28). The zero-order valence-electron chi connectivity index (χ0n) is 16.8. The number of carbonyl (C=O) groups excluding carboxylic acids is 1. The van der Waals surface area contributed by atoms with E-state index in [1.807, 2.05) is 23.7 Å². The summed E-state index contributed by atoms with van der Waals surface area (Å²) in [4.78, 5) is 23.9. The summed E-state index contributed by atoms with van der Waals surface area (Å²) >= 11 is 0. The molecule has 1 atom stereocenters. The summed E-state index contributed by atoms with van der Waals surface area (Å²) < 4.78 is 7.40. The molecule has 1 amide bonds. The minimum Gasteiger partial charge on any atom is -0.493 e. The van der Waals surface area contributed by atoms with Gasteiger partial charge in [0.2, 0.25) is 0 Å². The number of benzene rings is 1. The van der Waals surface area contributed by atoms with Crippen LogP contribution in [0.1, 0.15) is 35.3 Å². The zero-order valence-corrected chi connectivity index (χ0v) is 16.8. The Morgan fingerprint density at radius 1 is 1.28 bits per heavy atom. The van der Waals surface area contributed by atoms with Crippen LogP contribution in [-0.2, 0) is 6.54 Å². The maximum absolute atomic E-state index is 12.6. The topological polar surface area (TPSA) is 85.2 Å². The van der Waals surface area contributed by atoms with E-state index in [2.05, 4.69) is 27.2 Å². The SMILES string of the molecule is CCOc1ccccc1C(=O)NCCn1nc(C2CCN(C)C2)c2nccnc21. The van der Waals surface area contributed by atoms with Gasteiger partial charge in [-0.3, -0.25) is 4.79 Å². The first-order chi connectivity index (χ1) is 14.2. The maximum Gasteiger partial charge on any atom is 0.255 e. The van der Waals surface area contributed by atoms with Crippen molar-refractivity contribution >= 4 is 17.1 Å². The van der Waals surface area contributed by atoms with Gasteiger partial charge in [-0.05, 0) is 39.1 Å². The Balaban J connectivity index is 1.47. The molecule has 0 aliphatic carbocycles. The highest BCUT2D eigenvalue weighted by atomic mass is 16.5. The van der Waals surface area contributed by atoms with Crippen molar-refractivity contribution in [1.29, 1.82) is 0 Å². The lowest BCUT2D eigenvalue weighted by atomic mass is 10.0. The molecule has 0 bridgehead atoms. The van der Waals surface area contributed by atoms with E-state index in [4.69, 9.17) is 9.84 Å². The molecule has 0 saturated carbocycles. The van der Waals surface area contributed by atoms with Crippen LogP contribution in [0.2, 0.25) is 0 Å². The van der Waals surface area contributed by atoms with Crippen molar-refractivity contribution in [2.75, 3.05) is 33.3 Å². The van der Waals surface area contributed by atoms with Crippen molar-refractivity contribution in [2.45, 2.75) is 25.8 Å². The first-order valence-electron chi connectivity index (χ1n) is 10.0. The lowest BCUT2D eigenvalue weighted by molar-refractivity contribution is 0.0948. The smallest absolute Gasteiger partial charge is 0.255 e. The van der Waals surface area contributed by atoms with Crippen LogP contribution >= 0.6 is 0 Å².